The van der Waals surface area contributed by atoms with E-state index in [0.717, 1.165) is 16.6 Å². The SMILES string of the molecule is Cc1c[nH]c2ncc(F)cc12. The summed E-state index contributed by atoms with van der Waals surface area (Å²) in [4.78, 5) is 6.81. The van der Waals surface area contributed by atoms with Crippen molar-refractivity contribution in [3.8, 4) is 0 Å². The summed E-state index contributed by atoms with van der Waals surface area (Å²) in [5, 5.41) is 0.852. The number of H-pyrrole nitrogens is 1. The number of halogens is 1. The van der Waals surface area contributed by atoms with Crippen LogP contribution in [-0.2, 0) is 0 Å². The van der Waals surface area contributed by atoms with E-state index in [0.29, 0.717) is 0 Å². The molecule has 56 valence electrons. The van der Waals surface area contributed by atoms with Crippen LogP contribution >= 0.6 is 0 Å². The predicted octanol–water partition coefficient (Wildman–Crippen LogP) is 2.01. The van der Waals surface area contributed by atoms with Crippen LogP contribution in [0.3, 0.4) is 0 Å². The zero-order chi connectivity index (χ0) is 7.84. The lowest BCUT2D eigenvalue weighted by Gasteiger charge is -1.89. The molecule has 0 aromatic carbocycles. The van der Waals surface area contributed by atoms with E-state index in [2.05, 4.69) is 9.97 Å². The molecule has 3 heteroatoms. The molecule has 0 aliphatic rings. The minimum Gasteiger partial charge on any atom is -0.346 e. The molecule has 0 spiro atoms. The first-order valence-electron chi connectivity index (χ1n) is 3.36. The summed E-state index contributed by atoms with van der Waals surface area (Å²) in [5.41, 5.74) is 1.76. The molecular formula is C8H7FN2. The summed E-state index contributed by atoms with van der Waals surface area (Å²) in [6, 6.07) is 1.48. The molecule has 2 aromatic rings. The van der Waals surface area contributed by atoms with Crippen LogP contribution in [0.2, 0.25) is 0 Å². The van der Waals surface area contributed by atoms with E-state index in [1.165, 1.54) is 12.3 Å². The second kappa shape index (κ2) is 2.05. The highest BCUT2D eigenvalue weighted by atomic mass is 19.1. The van der Waals surface area contributed by atoms with Gasteiger partial charge >= 0.3 is 0 Å². The van der Waals surface area contributed by atoms with Crippen molar-refractivity contribution in [2.45, 2.75) is 6.92 Å². The van der Waals surface area contributed by atoms with Crippen LogP contribution in [0, 0.1) is 12.7 Å². The van der Waals surface area contributed by atoms with Crippen molar-refractivity contribution in [2.75, 3.05) is 0 Å². The van der Waals surface area contributed by atoms with Crippen LogP contribution < -0.4 is 0 Å². The second-order valence-electron chi connectivity index (χ2n) is 2.52. The van der Waals surface area contributed by atoms with Crippen molar-refractivity contribution in [3.05, 3.63) is 29.8 Å². The van der Waals surface area contributed by atoms with Gasteiger partial charge in [-0.15, -0.1) is 0 Å². The van der Waals surface area contributed by atoms with Crippen LogP contribution in [0.15, 0.2) is 18.5 Å². The Morgan fingerprint density at radius 1 is 1.55 bits per heavy atom. The Morgan fingerprint density at radius 2 is 2.36 bits per heavy atom. The molecule has 0 saturated heterocycles. The Hall–Kier alpha value is -1.38. The molecule has 0 unspecified atom stereocenters. The molecule has 1 N–H and O–H groups in total. The van der Waals surface area contributed by atoms with Crippen LogP contribution in [0.1, 0.15) is 5.56 Å². The van der Waals surface area contributed by atoms with Crippen molar-refractivity contribution < 1.29 is 4.39 Å². The Balaban J connectivity index is 2.87. The fourth-order valence-corrected chi connectivity index (χ4v) is 1.11. The van der Waals surface area contributed by atoms with Gasteiger partial charge in [-0.3, -0.25) is 0 Å². The van der Waals surface area contributed by atoms with Crippen LogP contribution in [0.25, 0.3) is 11.0 Å². The smallest absolute Gasteiger partial charge is 0.142 e. The van der Waals surface area contributed by atoms with Crippen molar-refractivity contribution in [3.63, 3.8) is 0 Å². The Labute approximate surface area is 63.1 Å². The lowest BCUT2D eigenvalue weighted by atomic mass is 10.2. The van der Waals surface area contributed by atoms with Gasteiger partial charge in [0.05, 0.1) is 6.20 Å². The summed E-state index contributed by atoms with van der Waals surface area (Å²) in [6.07, 6.45) is 3.02. The van der Waals surface area contributed by atoms with E-state index < -0.39 is 0 Å². The molecule has 0 aliphatic heterocycles. The van der Waals surface area contributed by atoms with Gasteiger partial charge in [-0.2, -0.15) is 0 Å². The maximum atomic E-state index is 12.6. The van der Waals surface area contributed by atoms with Crippen LogP contribution in [0.4, 0.5) is 4.39 Å². The number of nitrogens with one attached hydrogen (secondary N) is 1. The van der Waals surface area contributed by atoms with E-state index in [1.807, 2.05) is 13.1 Å². The fourth-order valence-electron chi connectivity index (χ4n) is 1.11. The number of nitrogens with zero attached hydrogens (tertiary/aromatic N) is 1. The quantitative estimate of drug-likeness (QED) is 0.611. The topological polar surface area (TPSA) is 28.7 Å². The summed E-state index contributed by atoms with van der Waals surface area (Å²) >= 11 is 0. The maximum Gasteiger partial charge on any atom is 0.142 e. The van der Waals surface area contributed by atoms with Gasteiger partial charge in [0, 0.05) is 11.6 Å². The van der Waals surface area contributed by atoms with Gasteiger partial charge in [0.25, 0.3) is 0 Å². The van der Waals surface area contributed by atoms with E-state index in [-0.39, 0.29) is 5.82 Å². The van der Waals surface area contributed by atoms with Crippen molar-refractivity contribution in [2.24, 2.45) is 0 Å². The van der Waals surface area contributed by atoms with Gasteiger partial charge in [-0.05, 0) is 18.6 Å². The number of hydrogen-bond acceptors (Lipinski definition) is 1. The van der Waals surface area contributed by atoms with E-state index in [9.17, 15) is 4.39 Å². The third-order valence-electron chi connectivity index (χ3n) is 1.70. The second-order valence-corrected chi connectivity index (χ2v) is 2.52. The van der Waals surface area contributed by atoms with E-state index in [1.54, 1.807) is 0 Å². The number of aromatic amines is 1. The Kier molecular flexibility index (Phi) is 1.18. The lowest BCUT2D eigenvalue weighted by Crippen LogP contribution is -1.78. The first-order valence-corrected chi connectivity index (χ1v) is 3.36. The van der Waals surface area contributed by atoms with Crippen molar-refractivity contribution >= 4 is 11.0 Å². The first kappa shape index (κ1) is 6.34. The number of aromatic nitrogens is 2. The van der Waals surface area contributed by atoms with E-state index in [4.69, 9.17) is 0 Å². The molecule has 2 aromatic heterocycles. The molecule has 11 heavy (non-hydrogen) atoms. The molecule has 0 radical (unpaired) electrons. The van der Waals surface area contributed by atoms with Gasteiger partial charge in [0.15, 0.2) is 0 Å². The zero-order valence-electron chi connectivity index (χ0n) is 6.06. The molecule has 0 amide bonds. The molecular weight excluding hydrogens is 143 g/mol. The monoisotopic (exact) mass is 150 g/mol. The summed E-state index contributed by atoms with van der Waals surface area (Å²) < 4.78 is 12.6. The van der Waals surface area contributed by atoms with Gasteiger partial charge in [-0.25, -0.2) is 9.37 Å². The molecule has 2 nitrogen and oxygen atoms in total. The largest absolute Gasteiger partial charge is 0.346 e. The minimum absolute atomic E-state index is 0.291. The average Bonchev–Trinajstić information content (AvgIpc) is 2.33. The van der Waals surface area contributed by atoms with Crippen molar-refractivity contribution in [1.29, 1.82) is 0 Å². The molecule has 0 bridgehead atoms. The molecule has 0 aliphatic carbocycles. The Morgan fingerprint density at radius 3 is 3.18 bits per heavy atom. The normalized spacial score (nSPS) is 10.7. The van der Waals surface area contributed by atoms with Gasteiger partial charge < -0.3 is 4.98 Å². The molecule has 0 saturated carbocycles. The van der Waals surface area contributed by atoms with E-state index >= 15 is 0 Å². The highest BCUT2D eigenvalue weighted by molar-refractivity contribution is 5.79. The lowest BCUT2D eigenvalue weighted by molar-refractivity contribution is 0.624. The van der Waals surface area contributed by atoms with Crippen molar-refractivity contribution in [1.82, 2.24) is 9.97 Å². The van der Waals surface area contributed by atoms with Crippen LogP contribution in [-0.4, -0.2) is 9.97 Å². The summed E-state index contributed by atoms with van der Waals surface area (Å²) in [6.45, 7) is 1.92. The minimum atomic E-state index is -0.291. The van der Waals surface area contributed by atoms with Gasteiger partial charge in [0.2, 0.25) is 0 Å². The first-order chi connectivity index (χ1) is 5.27. The highest BCUT2D eigenvalue weighted by Crippen LogP contribution is 2.15. The third-order valence-corrected chi connectivity index (χ3v) is 1.70. The molecule has 2 heterocycles. The Bertz CT molecular complexity index is 392. The summed E-state index contributed by atoms with van der Waals surface area (Å²) in [5.74, 6) is -0.291. The third kappa shape index (κ3) is 0.888. The molecule has 2 rings (SSSR count). The number of fused-ring (bicyclic) bond motifs is 1. The highest BCUT2D eigenvalue weighted by Gasteiger charge is 2.00. The zero-order valence-corrected chi connectivity index (χ0v) is 6.06. The average molecular weight is 150 g/mol. The summed E-state index contributed by atoms with van der Waals surface area (Å²) in [7, 11) is 0. The van der Waals surface area contributed by atoms with Crippen LogP contribution in [0.5, 0.6) is 0 Å². The van der Waals surface area contributed by atoms with Gasteiger partial charge in [0.1, 0.15) is 11.5 Å². The maximum absolute atomic E-state index is 12.6. The number of aryl methyl sites for hydroxylation is 1. The van der Waals surface area contributed by atoms with Gasteiger partial charge in [-0.1, -0.05) is 0 Å². The molecule has 0 fully saturated rings. The standard InChI is InChI=1S/C8H7FN2/c1-5-3-10-8-7(5)2-6(9)4-11-8/h2-4H,1H3,(H,10,11). The molecule has 0 atom stereocenters. The fraction of sp³-hybridized carbons (Fsp3) is 0.125. The predicted molar refractivity (Wildman–Crippen MR) is 40.8 cm³/mol. The number of rotatable bonds is 0. The number of hydrogen-bond donors (Lipinski definition) is 1. The number of pyridine rings is 1.